The molecule has 108 valence electrons. The third-order valence-corrected chi connectivity index (χ3v) is 5.02. The number of halogens is 2. The molecule has 0 radical (unpaired) electrons. The van der Waals surface area contributed by atoms with Crippen LogP contribution in [0.4, 0.5) is 0 Å². The average molecular weight is 375 g/mol. The standard InChI is InChI=1S/C15H17BrClNOS/c1-18(9-14-8-12(16)10-20-14)7-6-15(19)11-2-4-13(17)5-3-11/h2-5,8,10,15,19H,6-7,9H2,1H3. The first-order valence-corrected chi connectivity index (χ1v) is 8.44. The number of thiophene rings is 1. The van der Waals surface area contributed by atoms with Gasteiger partial charge in [-0.05, 0) is 53.2 Å². The molecule has 0 saturated heterocycles. The smallest absolute Gasteiger partial charge is 0.0802 e. The zero-order valence-corrected chi connectivity index (χ0v) is 14.4. The van der Waals surface area contributed by atoms with Gasteiger partial charge in [0.05, 0.1) is 6.10 Å². The summed E-state index contributed by atoms with van der Waals surface area (Å²) in [5.41, 5.74) is 0.918. The van der Waals surface area contributed by atoms with E-state index in [0.29, 0.717) is 11.4 Å². The van der Waals surface area contributed by atoms with E-state index in [9.17, 15) is 5.11 Å². The fourth-order valence-corrected chi connectivity index (χ4v) is 3.63. The third-order valence-electron chi connectivity index (χ3n) is 3.09. The number of aliphatic hydroxyl groups excluding tert-OH is 1. The largest absolute Gasteiger partial charge is 0.388 e. The molecule has 0 bridgehead atoms. The molecule has 1 atom stereocenters. The van der Waals surface area contributed by atoms with Crippen molar-refractivity contribution < 1.29 is 5.11 Å². The van der Waals surface area contributed by atoms with E-state index in [4.69, 9.17) is 11.6 Å². The molecule has 0 aliphatic heterocycles. The van der Waals surface area contributed by atoms with Gasteiger partial charge in [-0.3, -0.25) is 0 Å². The van der Waals surface area contributed by atoms with Crippen molar-refractivity contribution in [1.82, 2.24) is 4.90 Å². The maximum atomic E-state index is 10.2. The van der Waals surface area contributed by atoms with Crippen molar-refractivity contribution >= 4 is 38.9 Å². The molecule has 2 aromatic rings. The van der Waals surface area contributed by atoms with Crippen molar-refractivity contribution in [1.29, 1.82) is 0 Å². The molecule has 2 rings (SSSR count). The number of aliphatic hydroxyl groups is 1. The van der Waals surface area contributed by atoms with Crippen molar-refractivity contribution in [3.8, 4) is 0 Å². The summed E-state index contributed by atoms with van der Waals surface area (Å²) in [5, 5.41) is 12.9. The van der Waals surface area contributed by atoms with E-state index in [-0.39, 0.29) is 0 Å². The molecule has 1 N–H and O–H groups in total. The summed E-state index contributed by atoms with van der Waals surface area (Å²) in [4.78, 5) is 3.54. The van der Waals surface area contributed by atoms with Crippen molar-refractivity contribution in [3.63, 3.8) is 0 Å². The first kappa shape index (κ1) is 16.0. The fraction of sp³-hybridized carbons (Fsp3) is 0.333. The summed E-state index contributed by atoms with van der Waals surface area (Å²) < 4.78 is 1.13. The van der Waals surface area contributed by atoms with Gasteiger partial charge in [-0.1, -0.05) is 23.7 Å². The van der Waals surface area contributed by atoms with E-state index in [2.05, 4.69) is 39.3 Å². The number of benzene rings is 1. The van der Waals surface area contributed by atoms with Gasteiger partial charge in [-0.2, -0.15) is 0 Å². The van der Waals surface area contributed by atoms with E-state index in [1.165, 1.54) is 4.88 Å². The molecule has 2 nitrogen and oxygen atoms in total. The van der Waals surface area contributed by atoms with E-state index in [1.54, 1.807) is 11.3 Å². The number of nitrogens with zero attached hydrogens (tertiary/aromatic N) is 1. The Hall–Kier alpha value is -0.390. The normalized spacial score (nSPS) is 12.8. The van der Waals surface area contributed by atoms with Crippen LogP contribution in [0.25, 0.3) is 0 Å². The quantitative estimate of drug-likeness (QED) is 0.791. The highest BCUT2D eigenvalue weighted by Crippen LogP contribution is 2.22. The van der Waals surface area contributed by atoms with E-state index in [0.717, 1.165) is 23.1 Å². The predicted octanol–water partition coefficient (Wildman–Crippen LogP) is 4.72. The number of hydrogen-bond donors (Lipinski definition) is 1. The van der Waals surface area contributed by atoms with Crippen molar-refractivity contribution in [2.45, 2.75) is 19.1 Å². The lowest BCUT2D eigenvalue weighted by atomic mass is 10.1. The molecule has 0 fully saturated rings. The molecule has 0 amide bonds. The molecular formula is C15H17BrClNOS. The molecule has 0 aliphatic rings. The molecule has 0 saturated carbocycles. The van der Waals surface area contributed by atoms with Gasteiger partial charge >= 0.3 is 0 Å². The van der Waals surface area contributed by atoms with Gasteiger partial charge in [0, 0.05) is 32.8 Å². The minimum Gasteiger partial charge on any atom is -0.388 e. The van der Waals surface area contributed by atoms with Crippen LogP contribution < -0.4 is 0 Å². The minimum absolute atomic E-state index is 0.440. The van der Waals surface area contributed by atoms with E-state index in [1.807, 2.05) is 24.3 Å². The second-order valence-electron chi connectivity index (χ2n) is 4.83. The molecule has 1 aromatic carbocycles. The van der Waals surface area contributed by atoms with Gasteiger partial charge in [-0.25, -0.2) is 0 Å². The Morgan fingerprint density at radius 2 is 2.05 bits per heavy atom. The first-order valence-electron chi connectivity index (χ1n) is 6.39. The van der Waals surface area contributed by atoms with Crippen LogP contribution >= 0.6 is 38.9 Å². The molecule has 5 heteroatoms. The van der Waals surface area contributed by atoms with Gasteiger partial charge in [0.25, 0.3) is 0 Å². The van der Waals surface area contributed by atoms with Gasteiger partial charge in [0.2, 0.25) is 0 Å². The summed E-state index contributed by atoms with van der Waals surface area (Å²) in [7, 11) is 2.07. The van der Waals surface area contributed by atoms with Crippen LogP contribution in [0.1, 0.15) is 23.0 Å². The lowest BCUT2D eigenvalue weighted by Crippen LogP contribution is -2.20. The molecule has 1 unspecified atom stereocenters. The van der Waals surface area contributed by atoms with Crippen LogP contribution in [-0.4, -0.2) is 23.6 Å². The zero-order chi connectivity index (χ0) is 14.5. The van der Waals surface area contributed by atoms with Gasteiger partial charge < -0.3 is 10.0 Å². The van der Waals surface area contributed by atoms with E-state index < -0.39 is 6.10 Å². The predicted molar refractivity (Wildman–Crippen MR) is 89.4 cm³/mol. The van der Waals surface area contributed by atoms with Crippen LogP contribution in [0.2, 0.25) is 5.02 Å². The van der Waals surface area contributed by atoms with Gasteiger partial charge in [0.1, 0.15) is 0 Å². The zero-order valence-electron chi connectivity index (χ0n) is 11.2. The van der Waals surface area contributed by atoms with Crippen LogP contribution in [0.5, 0.6) is 0 Å². The molecule has 1 aromatic heterocycles. The molecule has 1 heterocycles. The summed E-state index contributed by atoms with van der Waals surface area (Å²) >= 11 is 11.0. The Balaban J connectivity index is 1.80. The molecule has 0 aliphatic carbocycles. The highest BCUT2D eigenvalue weighted by molar-refractivity contribution is 9.10. The van der Waals surface area contributed by atoms with Gasteiger partial charge in [-0.15, -0.1) is 11.3 Å². The number of rotatable bonds is 6. The second kappa shape index (κ2) is 7.57. The molecule has 20 heavy (non-hydrogen) atoms. The minimum atomic E-state index is -0.440. The Morgan fingerprint density at radius 1 is 1.35 bits per heavy atom. The maximum absolute atomic E-state index is 10.2. The molecular weight excluding hydrogens is 358 g/mol. The summed E-state index contributed by atoms with van der Waals surface area (Å²) in [6.07, 6.45) is 0.273. The van der Waals surface area contributed by atoms with E-state index >= 15 is 0 Å². The Morgan fingerprint density at radius 3 is 2.65 bits per heavy atom. The lowest BCUT2D eigenvalue weighted by Gasteiger charge is -2.18. The van der Waals surface area contributed by atoms with Crippen LogP contribution in [0.3, 0.4) is 0 Å². The van der Waals surface area contributed by atoms with Crippen molar-refractivity contribution in [2.24, 2.45) is 0 Å². The van der Waals surface area contributed by atoms with Crippen LogP contribution in [-0.2, 0) is 6.54 Å². The Kier molecular flexibility index (Phi) is 6.05. The summed E-state index contributed by atoms with van der Waals surface area (Å²) in [5.74, 6) is 0. The first-order chi connectivity index (χ1) is 9.54. The average Bonchev–Trinajstić information content (AvgIpc) is 2.82. The van der Waals surface area contributed by atoms with Crippen LogP contribution in [0.15, 0.2) is 40.2 Å². The fourth-order valence-electron chi connectivity index (χ4n) is 1.98. The molecule has 0 spiro atoms. The highest BCUT2D eigenvalue weighted by atomic mass is 79.9. The van der Waals surface area contributed by atoms with Crippen molar-refractivity contribution in [2.75, 3.05) is 13.6 Å². The third kappa shape index (κ3) is 4.86. The summed E-state index contributed by atoms with van der Waals surface area (Å²) in [6, 6.07) is 9.52. The van der Waals surface area contributed by atoms with Gasteiger partial charge in [0.15, 0.2) is 0 Å². The Labute approximate surface area is 137 Å². The maximum Gasteiger partial charge on any atom is 0.0802 e. The monoisotopic (exact) mass is 373 g/mol. The highest BCUT2D eigenvalue weighted by Gasteiger charge is 2.10. The van der Waals surface area contributed by atoms with Crippen LogP contribution in [0, 0.1) is 0 Å². The second-order valence-corrected chi connectivity index (χ2v) is 7.17. The number of hydrogen-bond acceptors (Lipinski definition) is 3. The topological polar surface area (TPSA) is 23.5 Å². The Bertz CT molecular complexity index is 543. The van der Waals surface area contributed by atoms with Crippen molar-refractivity contribution in [3.05, 3.63) is 55.6 Å². The summed E-state index contributed by atoms with van der Waals surface area (Å²) in [6.45, 7) is 1.75. The SMILES string of the molecule is CN(CCC(O)c1ccc(Cl)cc1)Cc1cc(Br)cs1. The lowest BCUT2D eigenvalue weighted by molar-refractivity contribution is 0.148.